The Morgan fingerprint density at radius 1 is 1.12 bits per heavy atom. The summed E-state index contributed by atoms with van der Waals surface area (Å²) in [5.41, 5.74) is -1.61. The molecular formula is C24H20F3N3O3S. The number of nitrogens with one attached hydrogen (secondary N) is 2. The van der Waals surface area contributed by atoms with Gasteiger partial charge in [0.25, 0.3) is 0 Å². The number of amides is 2. The fourth-order valence-electron chi connectivity index (χ4n) is 4.79. The van der Waals surface area contributed by atoms with Gasteiger partial charge in [0.2, 0.25) is 5.72 Å². The van der Waals surface area contributed by atoms with Crippen molar-refractivity contribution in [1.82, 2.24) is 15.2 Å². The van der Waals surface area contributed by atoms with Crippen LogP contribution in [0.1, 0.15) is 28.2 Å². The second-order valence-electron chi connectivity index (χ2n) is 8.20. The summed E-state index contributed by atoms with van der Waals surface area (Å²) >= 11 is 0.973. The molecule has 3 atom stereocenters. The lowest BCUT2D eigenvalue weighted by atomic mass is 9.78. The van der Waals surface area contributed by atoms with E-state index in [0.717, 1.165) is 33.1 Å². The van der Waals surface area contributed by atoms with E-state index in [-0.39, 0.29) is 4.88 Å². The summed E-state index contributed by atoms with van der Waals surface area (Å²) in [5.74, 6) is -2.95. The summed E-state index contributed by atoms with van der Waals surface area (Å²) in [6, 6.07) is 13.0. The van der Waals surface area contributed by atoms with Crippen LogP contribution in [0.15, 0.2) is 60.0 Å². The van der Waals surface area contributed by atoms with Crippen LogP contribution in [0.25, 0.3) is 21.8 Å². The van der Waals surface area contributed by atoms with Crippen LogP contribution in [0.4, 0.5) is 18.0 Å². The van der Waals surface area contributed by atoms with E-state index in [9.17, 15) is 27.9 Å². The van der Waals surface area contributed by atoms with E-state index in [1.165, 1.54) is 6.07 Å². The number of nitrogens with zero attached hydrogens (tertiary/aromatic N) is 1. The van der Waals surface area contributed by atoms with Crippen LogP contribution < -0.4 is 10.6 Å². The number of carbonyl (C=O) groups excluding carboxylic acids is 2. The molecule has 4 aromatic rings. The van der Waals surface area contributed by atoms with Crippen molar-refractivity contribution in [3.05, 3.63) is 70.4 Å². The standard InChI is InChI=1S/C24H20F3N3O3S/c1-2-30-16-7-4-3-6-14(16)15-12-13(9-10-17(15)30)20-19(21(31)18-8-5-11-34-18)23(33,24(25,26)27)29-22(32)28-20/h3-12,19-20,33H,2H2,1H3,(H2,28,29,32)/t19-,20+,23-/m1/s1. The number of para-hydroxylation sites is 1. The van der Waals surface area contributed by atoms with Crippen molar-refractivity contribution in [2.45, 2.75) is 31.4 Å². The first-order valence-electron chi connectivity index (χ1n) is 10.6. The molecular weight excluding hydrogens is 467 g/mol. The highest BCUT2D eigenvalue weighted by molar-refractivity contribution is 7.12. The number of urea groups is 1. The van der Waals surface area contributed by atoms with Gasteiger partial charge in [-0.1, -0.05) is 30.3 Å². The van der Waals surface area contributed by atoms with E-state index >= 15 is 0 Å². The number of carbonyl (C=O) groups is 2. The van der Waals surface area contributed by atoms with Crippen molar-refractivity contribution < 1.29 is 27.9 Å². The number of aliphatic hydroxyl groups is 1. The molecule has 1 aliphatic rings. The van der Waals surface area contributed by atoms with Gasteiger partial charge in [-0.25, -0.2) is 4.79 Å². The normalized spacial score (nSPS) is 23.1. The second kappa shape index (κ2) is 7.85. The molecule has 2 aromatic heterocycles. The van der Waals surface area contributed by atoms with Crippen LogP contribution in [0.2, 0.25) is 0 Å². The van der Waals surface area contributed by atoms with Gasteiger partial charge < -0.3 is 20.3 Å². The highest BCUT2D eigenvalue weighted by Crippen LogP contribution is 2.45. The Labute approximate surface area is 196 Å². The summed E-state index contributed by atoms with van der Waals surface area (Å²) in [6.07, 6.45) is -5.29. The lowest BCUT2D eigenvalue weighted by Crippen LogP contribution is -2.72. The van der Waals surface area contributed by atoms with Crippen molar-refractivity contribution in [2.24, 2.45) is 5.92 Å². The van der Waals surface area contributed by atoms with E-state index in [2.05, 4.69) is 9.88 Å². The van der Waals surface area contributed by atoms with Gasteiger partial charge in [0.05, 0.1) is 10.9 Å². The molecule has 34 heavy (non-hydrogen) atoms. The lowest BCUT2D eigenvalue weighted by molar-refractivity contribution is -0.287. The molecule has 0 saturated carbocycles. The predicted molar refractivity (Wildman–Crippen MR) is 123 cm³/mol. The molecule has 0 spiro atoms. The van der Waals surface area contributed by atoms with Crippen molar-refractivity contribution in [3.63, 3.8) is 0 Å². The lowest BCUT2D eigenvalue weighted by Gasteiger charge is -2.44. The van der Waals surface area contributed by atoms with Gasteiger partial charge in [-0.2, -0.15) is 13.2 Å². The second-order valence-corrected chi connectivity index (χ2v) is 9.15. The van der Waals surface area contributed by atoms with E-state index < -0.39 is 35.7 Å². The molecule has 1 aliphatic heterocycles. The summed E-state index contributed by atoms with van der Waals surface area (Å²) < 4.78 is 44.4. The zero-order valence-electron chi connectivity index (χ0n) is 17.9. The Kier molecular flexibility index (Phi) is 5.18. The van der Waals surface area contributed by atoms with Gasteiger partial charge in [-0.3, -0.25) is 4.79 Å². The van der Waals surface area contributed by atoms with Gasteiger partial charge in [0.1, 0.15) is 5.92 Å². The maximum Gasteiger partial charge on any atom is 0.437 e. The van der Waals surface area contributed by atoms with Crippen molar-refractivity contribution in [2.75, 3.05) is 0 Å². The van der Waals surface area contributed by atoms with Gasteiger partial charge in [0, 0.05) is 28.4 Å². The fourth-order valence-corrected chi connectivity index (χ4v) is 5.50. The van der Waals surface area contributed by atoms with Gasteiger partial charge in [-0.15, -0.1) is 11.3 Å². The highest BCUT2D eigenvalue weighted by atomic mass is 32.1. The Balaban J connectivity index is 1.72. The third kappa shape index (κ3) is 3.28. The van der Waals surface area contributed by atoms with E-state index in [1.54, 1.807) is 35.0 Å². The van der Waals surface area contributed by atoms with Crippen molar-refractivity contribution in [3.8, 4) is 0 Å². The minimum atomic E-state index is -5.29. The Hall–Kier alpha value is -3.37. The maximum atomic E-state index is 14.1. The van der Waals surface area contributed by atoms with Crippen LogP contribution in [0, 0.1) is 5.92 Å². The first-order valence-corrected chi connectivity index (χ1v) is 11.5. The Morgan fingerprint density at radius 2 is 1.85 bits per heavy atom. The van der Waals surface area contributed by atoms with Crippen LogP contribution >= 0.6 is 11.3 Å². The number of aryl methyl sites for hydroxylation is 1. The minimum Gasteiger partial charge on any atom is -0.363 e. The predicted octanol–water partition coefficient (Wildman–Crippen LogP) is 4.98. The summed E-state index contributed by atoms with van der Waals surface area (Å²) in [6.45, 7) is 2.67. The molecule has 0 radical (unpaired) electrons. The third-order valence-corrected chi connectivity index (χ3v) is 7.21. The number of halogens is 3. The number of benzene rings is 2. The van der Waals surface area contributed by atoms with E-state index in [0.29, 0.717) is 12.1 Å². The molecule has 0 unspecified atom stereocenters. The number of thiophene rings is 1. The molecule has 3 N–H and O–H groups in total. The third-order valence-electron chi connectivity index (χ3n) is 6.32. The minimum absolute atomic E-state index is 0.0549. The van der Waals surface area contributed by atoms with Crippen LogP contribution in [-0.2, 0) is 6.54 Å². The number of hydrogen-bond donors (Lipinski definition) is 3. The number of alkyl halides is 3. The number of rotatable bonds is 4. The first-order chi connectivity index (χ1) is 16.2. The Bertz CT molecular complexity index is 1410. The molecule has 2 amide bonds. The molecule has 1 fully saturated rings. The number of ketones is 1. The van der Waals surface area contributed by atoms with E-state index in [1.807, 2.05) is 31.2 Å². The summed E-state index contributed by atoms with van der Waals surface area (Å²) in [5, 5.41) is 18.0. The van der Waals surface area contributed by atoms with Gasteiger partial charge >= 0.3 is 12.2 Å². The topological polar surface area (TPSA) is 83.4 Å². The fraction of sp³-hybridized carbons (Fsp3) is 0.250. The number of aromatic nitrogens is 1. The highest BCUT2D eigenvalue weighted by Gasteiger charge is 2.66. The summed E-state index contributed by atoms with van der Waals surface area (Å²) in [4.78, 5) is 25.6. The van der Waals surface area contributed by atoms with Gasteiger partial charge in [0.15, 0.2) is 5.78 Å². The molecule has 176 valence electrons. The molecule has 0 bridgehead atoms. The quantitative estimate of drug-likeness (QED) is 0.355. The number of Topliss-reactive ketones (excluding diaryl/α,β-unsaturated/α-hetero) is 1. The number of fused-ring (bicyclic) bond motifs is 3. The zero-order chi connectivity index (χ0) is 24.3. The molecule has 10 heteroatoms. The van der Waals surface area contributed by atoms with Crippen molar-refractivity contribution >= 4 is 45.0 Å². The number of hydrogen-bond acceptors (Lipinski definition) is 4. The van der Waals surface area contributed by atoms with Crippen LogP contribution in [0.5, 0.6) is 0 Å². The molecule has 1 saturated heterocycles. The first kappa shape index (κ1) is 22.4. The molecule has 2 aromatic carbocycles. The Morgan fingerprint density at radius 3 is 2.53 bits per heavy atom. The molecule has 6 nitrogen and oxygen atoms in total. The SMILES string of the molecule is CCn1c2ccccc2c2cc([C@@H]3NC(=O)N[C@](O)(C(F)(F)F)[C@H]3C(=O)c3cccs3)ccc21. The average Bonchev–Trinajstić information content (AvgIpc) is 3.43. The molecule has 0 aliphatic carbocycles. The maximum absolute atomic E-state index is 14.1. The molecule has 5 rings (SSSR count). The summed E-state index contributed by atoms with van der Waals surface area (Å²) in [7, 11) is 0. The van der Waals surface area contributed by atoms with Crippen molar-refractivity contribution in [1.29, 1.82) is 0 Å². The van der Waals surface area contributed by atoms with E-state index in [4.69, 9.17) is 0 Å². The smallest absolute Gasteiger partial charge is 0.363 e. The average molecular weight is 488 g/mol. The van der Waals surface area contributed by atoms with Crippen LogP contribution in [0.3, 0.4) is 0 Å². The zero-order valence-corrected chi connectivity index (χ0v) is 18.7. The van der Waals surface area contributed by atoms with Crippen LogP contribution in [-0.4, -0.2) is 33.4 Å². The molecule has 3 heterocycles. The monoisotopic (exact) mass is 487 g/mol. The largest absolute Gasteiger partial charge is 0.437 e. The van der Waals surface area contributed by atoms with Gasteiger partial charge in [-0.05, 0) is 42.1 Å².